The molecule has 14 nitrogen and oxygen atoms in total. The molecule has 1 aliphatic rings. The van der Waals surface area contributed by atoms with Crippen LogP contribution in [-0.2, 0) is 20.9 Å². The molecule has 1 saturated heterocycles. The summed E-state index contributed by atoms with van der Waals surface area (Å²) < 4.78 is 7.48. The maximum atomic E-state index is 13.0. The van der Waals surface area contributed by atoms with Crippen molar-refractivity contribution in [2.24, 2.45) is 0 Å². The number of aromatic nitrogens is 4. The molecule has 1 atom stereocenters. The summed E-state index contributed by atoms with van der Waals surface area (Å²) in [7, 11) is 0. The van der Waals surface area contributed by atoms with E-state index in [-0.39, 0.29) is 24.4 Å². The molecule has 2 aromatic rings. The fourth-order valence-electron chi connectivity index (χ4n) is 3.63. The van der Waals surface area contributed by atoms with E-state index in [0.717, 1.165) is 4.68 Å². The highest BCUT2D eigenvalue weighted by molar-refractivity contribution is 5.91. The number of nitro groups is 1. The van der Waals surface area contributed by atoms with Gasteiger partial charge in [0.1, 0.15) is 6.04 Å². The molecule has 1 unspecified atom stereocenters. The molecule has 1 fully saturated rings. The Morgan fingerprint density at radius 3 is 2.44 bits per heavy atom. The highest BCUT2D eigenvalue weighted by Crippen LogP contribution is 2.19. The van der Waals surface area contributed by atoms with Crippen LogP contribution in [0.4, 0.5) is 16.3 Å². The quantitative estimate of drug-likeness (QED) is 0.460. The van der Waals surface area contributed by atoms with Crippen molar-refractivity contribution in [1.82, 2.24) is 29.4 Å². The molecule has 0 aromatic carbocycles. The van der Waals surface area contributed by atoms with Crippen molar-refractivity contribution in [2.75, 3.05) is 38.1 Å². The molecular formula is C20H28N8O6. The standard InChI is InChI=1S/C20H28N8O6/c1-5-34-20(31)25-8-6-24(7-9-25)19(30)15(4)26-11-16(14(3)23-26)21-17(29)12-27-18(28(32)33)10-13(2)22-27/h10-11,15H,5-9,12H2,1-4H3,(H,21,29). The van der Waals surface area contributed by atoms with Crippen LogP contribution < -0.4 is 5.32 Å². The average molecular weight is 476 g/mol. The molecule has 0 radical (unpaired) electrons. The summed E-state index contributed by atoms with van der Waals surface area (Å²) in [6.45, 7) is 8.22. The normalized spacial score (nSPS) is 14.6. The van der Waals surface area contributed by atoms with Crippen molar-refractivity contribution < 1.29 is 24.0 Å². The van der Waals surface area contributed by atoms with E-state index in [1.807, 2.05) is 0 Å². The first-order chi connectivity index (χ1) is 16.1. The highest BCUT2D eigenvalue weighted by atomic mass is 16.6. The largest absolute Gasteiger partial charge is 0.450 e. The van der Waals surface area contributed by atoms with Gasteiger partial charge in [-0.1, -0.05) is 5.10 Å². The zero-order valence-corrected chi connectivity index (χ0v) is 19.6. The van der Waals surface area contributed by atoms with Crippen LogP contribution in [0.5, 0.6) is 0 Å². The lowest BCUT2D eigenvalue weighted by Crippen LogP contribution is -2.52. The minimum absolute atomic E-state index is 0.161. The van der Waals surface area contributed by atoms with Crippen molar-refractivity contribution >= 4 is 29.4 Å². The van der Waals surface area contributed by atoms with Crippen LogP contribution in [0.2, 0.25) is 0 Å². The number of ether oxygens (including phenoxy) is 1. The Kier molecular flexibility index (Phi) is 7.48. The molecule has 1 N–H and O–H groups in total. The minimum Gasteiger partial charge on any atom is -0.450 e. The van der Waals surface area contributed by atoms with E-state index >= 15 is 0 Å². The van der Waals surface area contributed by atoms with E-state index in [1.54, 1.807) is 43.7 Å². The molecule has 3 rings (SSSR count). The van der Waals surface area contributed by atoms with Gasteiger partial charge in [-0.05, 0) is 32.6 Å². The summed E-state index contributed by atoms with van der Waals surface area (Å²) in [6, 6.07) is 0.657. The first-order valence-corrected chi connectivity index (χ1v) is 10.9. The van der Waals surface area contributed by atoms with Gasteiger partial charge in [-0.2, -0.15) is 5.10 Å². The van der Waals surface area contributed by atoms with Crippen molar-refractivity contribution in [3.8, 4) is 0 Å². The molecule has 0 spiro atoms. The third-order valence-electron chi connectivity index (χ3n) is 5.42. The summed E-state index contributed by atoms with van der Waals surface area (Å²) in [5.41, 5.74) is 1.31. The average Bonchev–Trinajstić information content (AvgIpc) is 3.34. The second-order valence-corrected chi connectivity index (χ2v) is 7.90. The fourth-order valence-corrected chi connectivity index (χ4v) is 3.63. The summed E-state index contributed by atoms with van der Waals surface area (Å²) in [5.74, 6) is -0.947. The van der Waals surface area contributed by atoms with E-state index in [2.05, 4.69) is 15.5 Å². The number of amides is 3. The molecule has 184 valence electrons. The van der Waals surface area contributed by atoms with Crippen LogP contribution in [0.3, 0.4) is 0 Å². The molecule has 34 heavy (non-hydrogen) atoms. The second-order valence-electron chi connectivity index (χ2n) is 7.90. The zero-order valence-electron chi connectivity index (χ0n) is 19.6. The van der Waals surface area contributed by atoms with E-state index in [9.17, 15) is 24.5 Å². The molecule has 0 bridgehead atoms. The van der Waals surface area contributed by atoms with Crippen molar-refractivity contribution in [2.45, 2.75) is 40.3 Å². The van der Waals surface area contributed by atoms with Crippen molar-refractivity contribution in [1.29, 1.82) is 0 Å². The van der Waals surface area contributed by atoms with Gasteiger partial charge in [0.15, 0.2) is 6.54 Å². The van der Waals surface area contributed by atoms with Gasteiger partial charge in [-0.3, -0.25) is 14.3 Å². The number of nitrogens with one attached hydrogen (secondary N) is 1. The van der Waals surface area contributed by atoms with Gasteiger partial charge < -0.3 is 30.0 Å². The van der Waals surface area contributed by atoms with E-state index in [1.165, 1.54) is 10.7 Å². The molecular weight excluding hydrogens is 448 g/mol. The van der Waals surface area contributed by atoms with Crippen LogP contribution in [0, 0.1) is 24.0 Å². The Labute approximate surface area is 195 Å². The van der Waals surface area contributed by atoms with Crippen LogP contribution in [0.15, 0.2) is 12.3 Å². The Balaban J connectivity index is 1.61. The molecule has 2 aromatic heterocycles. The number of anilines is 1. The molecule has 3 heterocycles. The van der Waals surface area contributed by atoms with Gasteiger partial charge >= 0.3 is 11.9 Å². The SMILES string of the molecule is CCOC(=O)N1CCN(C(=O)C(C)n2cc(NC(=O)Cn3nc(C)cc3[N+](=O)[O-])c(C)n2)CC1. The Hall–Kier alpha value is -3.97. The molecule has 0 saturated carbocycles. The number of piperazine rings is 1. The summed E-state index contributed by atoms with van der Waals surface area (Å²) in [4.78, 5) is 51.0. The van der Waals surface area contributed by atoms with Gasteiger partial charge in [0.05, 0.1) is 29.7 Å². The van der Waals surface area contributed by atoms with E-state index in [0.29, 0.717) is 49.9 Å². The highest BCUT2D eigenvalue weighted by Gasteiger charge is 2.29. The Bertz CT molecular complexity index is 1090. The molecule has 1 aliphatic heterocycles. The van der Waals surface area contributed by atoms with Crippen LogP contribution in [0.1, 0.15) is 31.3 Å². The smallest absolute Gasteiger partial charge is 0.409 e. The number of nitrogens with zero attached hydrogens (tertiary/aromatic N) is 7. The van der Waals surface area contributed by atoms with Crippen molar-refractivity contribution in [3.63, 3.8) is 0 Å². The lowest BCUT2D eigenvalue weighted by Gasteiger charge is -2.35. The lowest BCUT2D eigenvalue weighted by atomic mass is 10.2. The maximum absolute atomic E-state index is 13.0. The van der Waals surface area contributed by atoms with Gasteiger partial charge in [0, 0.05) is 32.4 Å². The van der Waals surface area contributed by atoms with E-state index < -0.39 is 16.9 Å². The molecule has 0 aliphatic carbocycles. The second kappa shape index (κ2) is 10.3. The van der Waals surface area contributed by atoms with Crippen molar-refractivity contribution in [3.05, 3.63) is 33.8 Å². The summed E-state index contributed by atoms with van der Waals surface area (Å²) >= 11 is 0. The third kappa shape index (κ3) is 5.50. The number of aryl methyl sites for hydroxylation is 2. The van der Waals surface area contributed by atoms with Crippen LogP contribution >= 0.6 is 0 Å². The van der Waals surface area contributed by atoms with Gasteiger partial charge in [0.25, 0.3) is 5.91 Å². The number of hydrogen-bond donors (Lipinski definition) is 1. The summed E-state index contributed by atoms with van der Waals surface area (Å²) in [5, 5.41) is 22.1. The number of carbonyl (C=O) groups is 3. The van der Waals surface area contributed by atoms with Gasteiger partial charge in [-0.25, -0.2) is 4.79 Å². The first kappa shape index (κ1) is 24.7. The monoisotopic (exact) mass is 476 g/mol. The first-order valence-electron chi connectivity index (χ1n) is 10.9. The number of carbonyl (C=O) groups excluding carboxylic acids is 3. The van der Waals surface area contributed by atoms with Gasteiger partial charge in [-0.15, -0.1) is 4.68 Å². The van der Waals surface area contributed by atoms with Crippen LogP contribution in [-0.4, -0.2) is 85.0 Å². The van der Waals surface area contributed by atoms with Crippen LogP contribution in [0.25, 0.3) is 0 Å². The predicted molar refractivity (Wildman–Crippen MR) is 119 cm³/mol. The maximum Gasteiger partial charge on any atom is 0.409 e. The Morgan fingerprint density at radius 1 is 1.18 bits per heavy atom. The predicted octanol–water partition coefficient (Wildman–Crippen LogP) is 1.11. The molecule has 14 heteroatoms. The number of hydrogen-bond acceptors (Lipinski definition) is 8. The van der Waals surface area contributed by atoms with Gasteiger partial charge in [0.2, 0.25) is 5.91 Å². The molecule has 3 amide bonds. The third-order valence-corrected chi connectivity index (χ3v) is 5.42. The Morgan fingerprint density at radius 2 is 1.82 bits per heavy atom. The zero-order chi connectivity index (χ0) is 25.0. The number of rotatable bonds is 7. The lowest BCUT2D eigenvalue weighted by molar-refractivity contribution is -0.392. The fraction of sp³-hybridized carbons (Fsp3) is 0.550. The topological polar surface area (TPSA) is 158 Å². The minimum atomic E-state index is -0.631. The van der Waals surface area contributed by atoms with E-state index in [4.69, 9.17) is 4.74 Å². The summed E-state index contributed by atoms with van der Waals surface area (Å²) in [6.07, 6.45) is 1.16.